The molecule has 2 aromatic heterocycles. The quantitative estimate of drug-likeness (QED) is 0.711. The van der Waals surface area contributed by atoms with Gasteiger partial charge >= 0.3 is 0 Å². The summed E-state index contributed by atoms with van der Waals surface area (Å²) in [6, 6.07) is 7.94. The van der Waals surface area contributed by atoms with Crippen LogP contribution in [-0.2, 0) is 7.05 Å². The molecule has 1 aromatic carbocycles. The predicted octanol–water partition coefficient (Wildman–Crippen LogP) is 3.52. The summed E-state index contributed by atoms with van der Waals surface area (Å²) >= 11 is 3.33. The lowest BCUT2D eigenvalue weighted by Crippen LogP contribution is -1.89. The Hall–Kier alpha value is -2.46. The smallest absolute Gasteiger partial charge is 0.274 e. The maximum absolute atomic E-state index is 13.3. The van der Waals surface area contributed by atoms with Crippen molar-refractivity contribution in [1.29, 1.82) is 5.26 Å². The van der Waals surface area contributed by atoms with Crippen molar-refractivity contribution in [2.24, 2.45) is 7.05 Å². The molecule has 0 aliphatic rings. The number of aromatic nitrogens is 3. The Labute approximate surface area is 127 Å². The molecule has 0 fully saturated rings. The van der Waals surface area contributed by atoms with Gasteiger partial charge in [-0.1, -0.05) is 21.1 Å². The van der Waals surface area contributed by atoms with Gasteiger partial charge in [0, 0.05) is 23.3 Å². The minimum absolute atomic E-state index is 0.269. The number of benzene rings is 1. The number of rotatable bonds is 2. The molecule has 2 heterocycles. The van der Waals surface area contributed by atoms with Crippen molar-refractivity contribution >= 4 is 15.9 Å². The molecule has 0 aliphatic carbocycles. The minimum atomic E-state index is -0.384. The van der Waals surface area contributed by atoms with E-state index in [1.165, 1.54) is 12.1 Å². The SMILES string of the molecule is Cn1cc(C#N)cc1-c1nc(-c2cc(F)ccc2Br)no1. The van der Waals surface area contributed by atoms with Gasteiger partial charge in [-0.25, -0.2) is 4.39 Å². The maximum atomic E-state index is 13.3. The fourth-order valence-corrected chi connectivity index (χ4v) is 2.37. The fourth-order valence-electron chi connectivity index (χ4n) is 1.94. The van der Waals surface area contributed by atoms with E-state index in [2.05, 4.69) is 26.1 Å². The first kappa shape index (κ1) is 13.5. The van der Waals surface area contributed by atoms with Crippen LogP contribution < -0.4 is 0 Å². The van der Waals surface area contributed by atoms with Gasteiger partial charge in [-0.3, -0.25) is 0 Å². The van der Waals surface area contributed by atoms with Crippen LogP contribution in [-0.4, -0.2) is 14.7 Å². The van der Waals surface area contributed by atoms with Gasteiger partial charge in [0.1, 0.15) is 17.6 Å². The van der Waals surface area contributed by atoms with Crippen LogP contribution in [0.25, 0.3) is 23.0 Å². The molecule has 3 aromatic rings. The van der Waals surface area contributed by atoms with E-state index in [1.54, 1.807) is 29.9 Å². The van der Waals surface area contributed by atoms with Crippen LogP contribution in [0, 0.1) is 17.1 Å². The number of hydrogen-bond donors (Lipinski definition) is 0. The normalized spacial score (nSPS) is 10.6. The first-order valence-electron chi connectivity index (χ1n) is 5.94. The summed E-state index contributed by atoms with van der Waals surface area (Å²) in [6.07, 6.45) is 1.66. The average Bonchev–Trinajstić information content (AvgIpc) is 3.07. The summed E-state index contributed by atoms with van der Waals surface area (Å²) in [5.74, 6) is 0.159. The third kappa shape index (κ3) is 2.45. The summed E-state index contributed by atoms with van der Waals surface area (Å²) < 4.78 is 20.9. The van der Waals surface area contributed by atoms with Crippen LogP contribution in [0.3, 0.4) is 0 Å². The van der Waals surface area contributed by atoms with Gasteiger partial charge in [0.2, 0.25) is 5.82 Å². The van der Waals surface area contributed by atoms with Crippen molar-refractivity contribution in [2.45, 2.75) is 0 Å². The molecular formula is C14H8BrFN4O. The van der Waals surface area contributed by atoms with Crippen molar-refractivity contribution in [3.05, 3.63) is 46.3 Å². The van der Waals surface area contributed by atoms with Gasteiger partial charge in [-0.15, -0.1) is 0 Å². The van der Waals surface area contributed by atoms with Crippen LogP contribution in [0.5, 0.6) is 0 Å². The molecule has 0 saturated carbocycles. The molecule has 21 heavy (non-hydrogen) atoms. The van der Waals surface area contributed by atoms with Crippen molar-refractivity contribution in [3.8, 4) is 29.0 Å². The zero-order chi connectivity index (χ0) is 15.0. The molecule has 5 nitrogen and oxygen atoms in total. The van der Waals surface area contributed by atoms with Gasteiger partial charge in [0.25, 0.3) is 5.89 Å². The third-order valence-corrected chi connectivity index (χ3v) is 3.64. The van der Waals surface area contributed by atoms with Crippen LogP contribution >= 0.6 is 15.9 Å². The zero-order valence-electron chi connectivity index (χ0n) is 10.8. The third-order valence-electron chi connectivity index (χ3n) is 2.95. The second-order valence-corrected chi connectivity index (χ2v) is 5.24. The Morgan fingerprint density at radius 1 is 1.38 bits per heavy atom. The summed E-state index contributed by atoms with van der Waals surface area (Å²) in [6.45, 7) is 0. The Kier molecular flexibility index (Phi) is 3.31. The number of aryl methyl sites for hydroxylation is 1. The molecule has 7 heteroatoms. The van der Waals surface area contributed by atoms with E-state index >= 15 is 0 Å². The van der Waals surface area contributed by atoms with Gasteiger partial charge in [0.05, 0.1) is 5.56 Å². The highest BCUT2D eigenvalue weighted by Gasteiger charge is 2.16. The molecule has 0 saturated heterocycles. The number of nitrogens with zero attached hydrogens (tertiary/aromatic N) is 4. The van der Waals surface area contributed by atoms with Gasteiger partial charge < -0.3 is 9.09 Å². The molecule has 0 N–H and O–H groups in total. The largest absolute Gasteiger partial charge is 0.345 e. The summed E-state index contributed by atoms with van der Waals surface area (Å²) in [7, 11) is 1.78. The molecule has 0 radical (unpaired) electrons. The molecule has 0 unspecified atom stereocenters. The van der Waals surface area contributed by atoms with Crippen LogP contribution in [0.2, 0.25) is 0 Å². The van der Waals surface area contributed by atoms with Crippen molar-refractivity contribution in [1.82, 2.24) is 14.7 Å². The molecule has 0 bridgehead atoms. The first-order valence-corrected chi connectivity index (χ1v) is 6.74. The summed E-state index contributed by atoms with van der Waals surface area (Å²) in [4.78, 5) is 4.26. The van der Waals surface area contributed by atoms with Crippen molar-refractivity contribution in [3.63, 3.8) is 0 Å². The van der Waals surface area contributed by atoms with Crippen molar-refractivity contribution < 1.29 is 8.91 Å². The standard InChI is InChI=1S/C14H8BrFN4O/c1-20-7-8(6-17)4-12(20)14-18-13(19-21-14)10-5-9(16)2-3-11(10)15/h2-5,7H,1H3. The second-order valence-electron chi connectivity index (χ2n) is 4.38. The Morgan fingerprint density at radius 3 is 2.90 bits per heavy atom. The number of hydrogen-bond acceptors (Lipinski definition) is 4. The maximum Gasteiger partial charge on any atom is 0.274 e. The molecular weight excluding hydrogens is 339 g/mol. The second kappa shape index (κ2) is 5.14. The Morgan fingerprint density at radius 2 is 2.19 bits per heavy atom. The van der Waals surface area contributed by atoms with E-state index < -0.39 is 0 Å². The van der Waals surface area contributed by atoms with E-state index in [4.69, 9.17) is 9.78 Å². The van der Waals surface area contributed by atoms with E-state index in [9.17, 15) is 4.39 Å². The monoisotopic (exact) mass is 346 g/mol. The zero-order valence-corrected chi connectivity index (χ0v) is 12.4. The highest BCUT2D eigenvalue weighted by atomic mass is 79.9. The molecule has 104 valence electrons. The molecule has 0 atom stereocenters. The highest BCUT2D eigenvalue weighted by Crippen LogP contribution is 2.29. The number of nitriles is 1. The average molecular weight is 347 g/mol. The molecule has 0 amide bonds. The molecule has 3 rings (SSSR count). The van der Waals surface area contributed by atoms with Gasteiger partial charge in [-0.05, 0) is 24.3 Å². The highest BCUT2D eigenvalue weighted by molar-refractivity contribution is 9.10. The lowest BCUT2D eigenvalue weighted by atomic mass is 10.2. The van der Waals surface area contributed by atoms with Crippen LogP contribution in [0.1, 0.15) is 5.56 Å². The topological polar surface area (TPSA) is 67.6 Å². The molecule has 0 aliphatic heterocycles. The Balaban J connectivity index is 2.06. The van der Waals surface area contributed by atoms with E-state index in [0.29, 0.717) is 21.3 Å². The van der Waals surface area contributed by atoms with Crippen LogP contribution in [0.4, 0.5) is 4.39 Å². The molecule has 0 spiro atoms. The van der Waals surface area contributed by atoms with Crippen LogP contribution in [0.15, 0.2) is 39.5 Å². The Bertz CT molecular complexity index is 862. The van der Waals surface area contributed by atoms with Gasteiger partial charge in [0.15, 0.2) is 0 Å². The lowest BCUT2D eigenvalue weighted by molar-refractivity contribution is 0.429. The summed E-state index contributed by atoms with van der Waals surface area (Å²) in [5, 5.41) is 12.8. The lowest BCUT2D eigenvalue weighted by Gasteiger charge is -1.98. The predicted molar refractivity (Wildman–Crippen MR) is 76.5 cm³/mol. The van der Waals surface area contributed by atoms with E-state index in [1.807, 2.05) is 6.07 Å². The van der Waals surface area contributed by atoms with Crippen molar-refractivity contribution in [2.75, 3.05) is 0 Å². The van der Waals surface area contributed by atoms with Gasteiger partial charge in [-0.2, -0.15) is 10.2 Å². The fraction of sp³-hybridized carbons (Fsp3) is 0.0714. The first-order chi connectivity index (χ1) is 10.1. The minimum Gasteiger partial charge on any atom is -0.345 e. The summed E-state index contributed by atoms with van der Waals surface area (Å²) in [5.41, 5.74) is 1.62. The van der Waals surface area contributed by atoms with E-state index in [0.717, 1.165) is 0 Å². The van der Waals surface area contributed by atoms with E-state index in [-0.39, 0.29) is 17.5 Å². The number of halogens is 2.